The maximum Gasteiger partial charge on any atom is 0.167 e. The molecule has 0 radical (unpaired) electrons. The summed E-state index contributed by atoms with van der Waals surface area (Å²) in [6, 6.07) is 14.0. The van der Waals surface area contributed by atoms with Crippen molar-refractivity contribution in [2.24, 2.45) is 0 Å². The molecule has 3 aromatic rings. The van der Waals surface area contributed by atoms with Crippen LogP contribution in [0.25, 0.3) is 0 Å². The SMILES string of the molecule is COc1ccc(Br)c(CNCc2ccncc2)c1OCc1ccc(F)cc1. The molecule has 0 fully saturated rings. The van der Waals surface area contributed by atoms with Gasteiger partial charge in [0.25, 0.3) is 0 Å². The van der Waals surface area contributed by atoms with Crippen LogP contribution in [0.2, 0.25) is 0 Å². The number of methoxy groups -OCH3 is 1. The molecular weight excluding hydrogens is 411 g/mol. The summed E-state index contributed by atoms with van der Waals surface area (Å²) in [5, 5.41) is 3.41. The first-order chi connectivity index (χ1) is 13.2. The number of nitrogens with one attached hydrogen (secondary N) is 1. The average Bonchev–Trinajstić information content (AvgIpc) is 2.70. The van der Waals surface area contributed by atoms with Gasteiger partial charge in [-0.3, -0.25) is 4.98 Å². The third-order valence-electron chi connectivity index (χ3n) is 4.06. The lowest BCUT2D eigenvalue weighted by molar-refractivity contribution is 0.280. The number of rotatable bonds is 8. The van der Waals surface area contributed by atoms with Crippen molar-refractivity contribution in [1.82, 2.24) is 10.3 Å². The lowest BCUT2D eigenvalue weighted by Crippen LogP contribution is -2.14. The molecule has 6 heteroatoms. The van der Waals surface area contributed by atoms with Gasteiger partial charge in [0.2, 0.25) is 0 Å². The first-order valence-corrected chi connectivity index (χ1v) is 9.29. The number of aromatic nitrogens is 1. The second-order valence-corrected chi connectivity index (χ2v) is 6.79. The van der Waals surface area contributed by atoms with E-state index >= 15 is 0 Å². The number of hydrogen-bond donors (Lipinski definition) is 1. The van der Waals surface area contributed by atoms with Gasteiger partial charge < -0.3 is 14.8 Å². The summed E-state index contributed by atoms with van der Waals surface area (Å²) in [5.41, 5.74) is 3.00. The first kappa shape index (κ1) is 19.3. The van der Waals surface area contributed by atoms with Gasteiger partial charge >= 0.3 is 0 Å². The Hall–Kier alpha value is -2.44. The Bertz CT molecular complexity index is 873. The van der Waals surface area contributed by atoms with E-state index in [9.17, 15) is 4.39 Å². The summed E-state index contributed by atoms with van der Waals surface area (Å²) >= 11 is 3.60. The molecule has 0 aliphatic rings. The van der Waals surface area contributed by atoms with E-state index in [1.807, 2.05) is 24.3 Å². The largest absolute Gasteiger partial charge is 0.493 e. The molecule has 0 aliphatic heterocycles. The first-order valence-electron chi connectivity index (χ1n) is 8.49. The topological polar surface area (TPSA) is 43.4 Å². The lowest BCUT2D eigenvalue weighted by atomic mass is 10.1. The van der Waals surface area contributed by atoms with Crippen LogP contribution >= 0.6 is 15.9 Å². The van der Waals surface area contributed by atoms with E-state index in [4.69, 9.17) is 9.47 Å². The monoisotopic (exact) mass is 430 g/mol. The smallest absolute Gasteiger partial charge is 0.167 e. The fourth-order valence-corrected chi connectivity index (χ4v) is 3.09. The molecule has 0 saturated carbocycles. The van der Waals surface area contributed by atoms with Gasteiger partial charge in [-0.2, -0.15) is 0 Å². The van der Waals surface area contributed by atoms with Gasteiger partial charge in [-0.15, -0.1) is 0 Å². The molecule has 140 valence electrons. The number of nitrogens with zero attached hydrogens (tertiary/aromatic N) is 1. The number of pyridine rings is 1. The van der Waals surface area contributed by atoms with E-state index in [1.54, 1.807) is 31.6 Å². The Balaban J connectivity index is 1.74. The molecule has 1 aromatic heterocycles. The van der Waals surface area contributed by atoms with Crippen molar-refractivity contribution in [1.29, 1.82) is 0 Å². The lowest BCUT2D eigenvalue weighted by Gasteiger charge is -2.17. The summed E-state index contributed by atoms with van der Waals surface area (Å²) < 4.78 is 25.5. The Morgan fingerprint density at radius 1 is 0.963 bits per heavy atom. The minimum atomic E-state index is -0.264. The molecule has 1 N–H and O–H groups in total. The molecule has 0 saturated heterocycles. The van der Waals surface area contributed by atoms with Crippen LogP contribution in [0.15, 0.2) is 65.4 Å². The summed E-state index contributed by atoms with van der Waals surface area (Å²) in [7, 11) is 1.61. The molecule has 0 aliphatic carbocycles. The Morgan fingerprint density at radius 2 is 1.70 bits per heavy atom. The highest BCUT2D eigenvalue weighted by molar-refractivity contribution is 9.10. The third-order valence-corrected chi connectivity index (χ3v) is 4.81. The van der Waals surface area contributed by atoms with Crippen molar-refractivity contribution >= 4 is 15.9 Å². The van der Waals surface area contributed by atoms with Crippen LogP contribution in [0, 0.1) is 5.82 Å². The molecule has 1 heterocycles. The van der Waals surface area contributed by atoms with E-state index in [0.29, 0.717) is 31.2 Å². The van der Waals surface area contributed by atoms with E-state index in [-0.39, 0.29) is 5.82 Å². The second-order valence-electron chi connectivity index (χ2n) is 5.93. The zero-order chi connectivity index (χ0) is 19.1. The average molecular weight is 431 g/mol. The van der Waals surface area contributed by atoms with Gasteiger partial charge in [0, 0.05) is 35.5 Å². The predicted octanol–water partition coefficient (Wildman–Crippen LogP) is 4.86. The number of hydrogen-bond acceptors (Lipinski definition) is 4. The van der Waals surface area contributed by atoms with Crippen molar-refractivity contribution in [2.75, 3.05) is 7.11 Å². The fraction of sp³-hybridized carbons (Fsp3) is 0.190. The van der Waals surface area contributed by atoms with Crippen molar-refractivity contribution < 1.29 is 13.9 Å². The zero-order valence-corrected chi connectivity index (χ0v) is 16.5. The van der Waals surface area contributed by atoms with Gasteiger partial charge in [0.15, 0.2) is 11.5 Å². The number of benzene rings is 2. The molecule has 2 aromatic carbocycles. The molecular formula is C21H20BrFN2O2. The van der Waals surface area contributed by atoms with Gasteiger partial charge in [0.05, 0.1) is 7.11 Å². The molecule has 27 heavy (non-hydrogen) atoms. The highest BCUT2D eigenvalue weighted by Crippen LogP contribution is 2.36. The van der Waals surface area contributed by atoms with Crippen molar-refractivity contribution in [3.05, 3.63) is 87.9 Å². The van der Waals surface area contributed by atoms with Crippen LogP contribution < -0.4 is 14.8 Å². The molecule has 4 nitrogen and oxygen atoms in total. The van der Waals surface area contributed by atoms with Crippen LogP contribution in [0.1, 0.15) is 16.7 Å². The molecule has 0 atom stereocenters. The van der Waals surface area contributed by atoms with Crippen LogP contribution in [-0.4, -0.2) is 12.1 Å². The third kappa shape index (κ3) is 5.28. The normalized spacial score (nSPS) is 10.6. The highest BCUT2D eigenvalue weighted by Gasteiger charge is 2.15. The second kappa shape index (κ2) is 9.48. The Morgan fingerprint density at radius 3 is 2.41 bits per heavy atom. The van der Waals surface area contributed by atoms with Gasteiger partial charge in [-0.25, -0.2) is 4.39 Å². The fourth-order valence-electron chi connectivity index (χ4n) is 2.63. The molecule has 0 unspecified atom stereocenters. The van der Waals surface area contributed by atoms with E-state index in [2.05, 4.69) is 26.2 Å². The van der Waals surface area contributed by atoms with E-state index in [0.717, 1.165) is 21.2 Å². The molecule has 0 bridgehead atoms. The molecule has 3 rings (SSSR count). The van der Waals surface area contributed by atoms with Crippen LogP contribution in [0.5, 0.6) is 11.5 Å². The van der Waals surface area contributed by atoms with Crippen LogP contribution in [0.4, 0.5) is 4.39 Å². The summed E-state index contributed by atoms with van der Waals surface area (Å²) in [6.45, 7) is 1.63. The Kier molecular flexibility index (Phi) is 6.79. The van der Waals surface area contributed by atoms with Crippen LogP contribution in [0.3, 0.4) is 0 Å². The summed E-state index contributed by atoms with van der Waals surface area (Å²) in [5.74, 6) is 1.05. The maximum atomic E-state index is 13.1. The quantitative estimate of drug-likeness (QED) is 0.553. The predicted molar refractivity (Wildman–Crippen MR) is 106 cm³/mol. The van der Waals surface area contributed by atoms with Crippen molar-refractivity contribution in [3.63, 3.8) is 0 Å². The minimum Gasteiger partial charge on any atom is -0.493 e. The van der Waals surface area contributed by atoms with E-state index in [1.165, 1.54) is 12.1 Å². The van der Waals surface area contributed by atoms with Gasteiger partial charge in [-0.1, -0.05) is 28.1 Å². The number of halogens is 2. The summed E-state index contributed by atoms with van der Waals surface area (Å²) in [6.07, 6.45) is 3.55. The van der Waals surface area contributed by atoms with Crippen molar-refractivity contribution in [2.45, 2.75) is 19.7 Å². The number of ether oxygens (including phenoxy) is 2. The Labute approximate surface area is 166 Å². The standard InChI is InChI=1S/C21H20BrFN2O2/c1-26-20-7-6-19(22)18(13-25-12-15-8-10-24-11-9-15)21(20)27-14-16-2-4-17(23)5-3-16/h2-11,25H,12-14H2,1H3. The van der Waals surface area contributed by atoms with Crippen molar-refractivity contribution in [3.8, 4) is 11.5 Å². The highest BCUT2D eigenvalue weighted by atomic mass is 79.9. The van der Waals surface area contributed by atoms with Gasteiger partial charge in [-0.05, 0) is 47.5 Å². The summed E-state index contributed by atoms with van der Waals surface area (Å²) in [4.78, 5) is 4.03. The maximum absolute atomic E-state index is 13.1. The van der Waals surface area contributed by atoms with Crippen LogP contribution in [-0.2, 0) is 19.7 Å². The zero-order valence-electron chi connectivity index (χ0n) is 14.9. The van der Waals surface area contributed by atoms with Gasteiger partial charge in [0.1, 0.15) is 12.4 Å². The molecule has 0 spiro atoms. The van der Waals surface area contributed by atoms with E-state index < -0.39 is 0 Å². The minimum absolute atomic E-state index is 0.264. The molecule has 0 amide bonds.